The van der Waals surface area contributed by atoms with E-state index < -0.39 is 5.91 Å². The van der Waals surface area contributed by atoms with Gasteiger partial charge in [0.2, 0.25) is 11.6 Å². The standard InChI is InChI=1S/C20H23Cl2N9O2.ClH/c1-11-5-3-4-8-30(11)10-16-17(25-29-31(16)19-18(23)27-33-28-19)20(32)26-24-12(2)13-6-7-14(21)15(22)9-13;/h6-7,9,11H,3-5,8,10H2,1-2H3,(H2,23,27)(H,26,32);1H/b24-12-;. The molecule has 3 N–H and O–H groups in total. The lowest BCUT2D eigenvalue weighted by Gasteiger charge is -2.33. The van der Waals surface area contributed by atoms with Gasteiger partial charge in [0.1, 0.15) is 0 Å². The van der Waals surface area contributed by atoms with Crippen LogP contribution in [-0.2, 0) is 6.54 Å². The predicted molar refractivity (Wildman–Crippen MR) is 131 cm³/mol. The lowest BCUT2D eigenvalue weighted by atomic mass is 10.0. The van der Waals surface area contributed by atoms with E-state index in [9.17, 15) is 4.79 Å². The topological polar surface area (TPSA) is 140 Å². The molecule has 0 radical (unpaired) electrons. The fraction of sp³-hybridized carbons (Fsp3) is 0.400. The second-order valence-corrected chi connectivity index (χ2v) is 8.67. The van der Waals surface area contributed by atoms with Crippen LogP contribution < -0.4 is 11.2 Å². The molecule has 1 saturated heterocycles. The first-order chi connectivity index (χ1) is 15.8. The summed E-state index contributed by atoms with van der Waals surface area (Å²) >= 11 is 12.0. The van der Waals surface area contributed by atoms with Crippen LogP contribution in [0, 0.1) is 0 Å². The molecule has 4 rings (SSSR count). The van der Waals surface area contributed by atoms with E-state index in [0.717, 1.165) is 24.9 Å². The molecule has 1 amide bonds. The van der Waals surface area contributed by atoms with Gasteiger partial charge in [-0.05, 0) is 61.2 Å². The monoisotopic (exact) mass is 527 g/mol. The second-order valence-electron chi connectivity index (χ2n) is 7.85. The summed E-state index contributed by atoms with van der Waals surface area (Å²) in [5.74, 6) is -0.291. The number of carbonyl (C=O) groups is 1. The molecule has 3 aromatic rings. The Morgan fingerprint density at radius 2 is 2.09 bits per heavy atom. The molecule has 2 aromatic heterocycles. The van der Waals surface area contributed by atoms with E-state index in [1.165, 1.54) is 11.1 Å². The predicted octanol–water partition coefficient (Wildman–Crippen LogP) is 3.49. The van der Waals surface area contributed by atoms with Gasteiger partial charge in [0.15, 0.2) is 5.69 Å². The molecule has 1 fully saturated rings. The maximum atomic E-state index is 13.0. The van der Waals surface area contributed by atoms with Gasteiger partial charge in [-0.2, -0.15) is 9.78 Å². The molecule has 1 unspecified atom stereocenters. The Labute approximate surface area is 212 Å². The Balaban J connectivity index is 0.00000324. The van der Waals surface area contributed by atoms with Gasteiger partial charge < -0.3 is 5.73 Å². The highest BCUT2D eigenvalue weighted by atomic mass is 35.5. The number of nitrogen functional groups attached to an aromatic ring is 1. The van der Waals surface area contributed by atoms with Crippen molar-refractivity contribution in [1.82, 2.24) is 35.6 Å². The highest BCUT2D eigenvalue weighted by molar-refractivity contribution is 6.42. The summed E-state index contributed by atoms with van der Waals surface area (Å²) in [7, 11) is 0. The van der Waals surface area contributed by atoms with Gasteiger partial charge >= 0.3 is 0 Å². The molecule has 0 spiro atoms. The number of aromatic nitrogens is 5. The maximum absolute atomic E-state index is 13.0. The number of nitrogens with zero attached hydrogens (tertiary/aromatic N) is 7. The van der Waals surface area contributed by atoms with Gasteiger partial charge in [-0.25, -0.2) is 10.1 Å². The van der Waals surface area contributed by atoms with Crippen molar-refractivity contribution in [2.45, 2.75) is 45.7 Å². The third-order valence-electron chi connectivity index (χ3n) is 5.63. The number of rotatable bonds is 6. The molecule has 1 aliphatic heterocycles. The number of nitrogens with two attached hydrogens (primary N) is 1. The van der Waals surface area contributed by atoms with E-state index >= 15 is 0 Å². The number of amides is 1. The number of piperidine rings is 1. The molecule has 14 heteroatoms. The summed E-state index contributed by atoms with van der Waals surface area (Å²) in [5, 5.41) is 20.6. The minimum Gasteiger partial charge on any atom is -0.378 e. The van der Waals surface area contributed by atoms with Crippen molar-refractivity contribution in [3.05, 3.63) is 45.2 Å². The van der Waals surface area contributed by atoms with Gasteiger partial charge in [0, 0.05) is 12.6 Å². The maximum Gasteiger partial charge on any atom is 0.293 e. The Kier molecular flexibility index (Phi) is 8.47. The Morgan fingerprint density at radius 3 is 2.76 bits per heavy atom. The zero-order chi connectivity index (χ0) is 23.5. The minimum absolute atomic E-state index is 0. The number of hydrogen-bond acceptors (Lipinski definition) is 9. The van der Waals surface area contributed by atoms with Crippen LogP contribution in [0.4, 0.5) is 5.82 Å². The highest BCUT2D eigenvalue weighted by Crippen LogP contribution is 2.24. The largest absolute Gasteiger partial charge is 0.378 e. The van der Waals surface area contributed by atoms with Gasteiger partial charge in [-0.15, -0.1) is 17.5 Å². The lowest BCUT2D eigenvalue weighted by Crippen LogP contribution is -2.38. The molecule has 0 aliphatic carbocycles. The van der Waals surface area contributed by atoms with Crippen molar-refractivity contribution >= 4 is 53.0 Å². The van der Waals surface area contributed by atoms with Crippen molar-refractivity contribution in [1.29, 1.82) is 0 Å². The molecule has 1 aliphatic rings. The molecule has 1 aromatic carbocycles. The zero-order valence-corrected chi connectivity index (χ0v) is 20.9. The van der Waals surface area contributed by atoms with E-state index in [-0.39, 0.29) is 29.7 Å². The number of benzene rings is 1. The molecule has 0 saturated carbocycles. The zero-order valence-electron chi connectivity index (χ0n) is 18.5. The van der Waals surface area contributed by atoms with Crippen LogP contribution >= 0.6 is 35.6 Å². The minimum atomic E-state index is -0.518. The van der Waals surface area contributed by atoms with Gasteiger partial charge in [-0.1, -0.05) is 40.9 Å². The van der Waals surface area contributed by atoms with Gasteiger partial charge in [0.05, 0.1) is 21.5 Å². The lowest BCUT2D eigenvalue weighted by molar-refractivity contribution is 0.0944. The molecule has 1 atom stereocenters. The van der Waals surface area contributed by atoms with Crippen LogP contribution in [-0.4, -0.2) is 54.4 Å². The molecule has 0 bridgehead atoms. The normalized spacial score (nSPS) is 16.8. The molecular weight excluding hydrogens is 505 g/mol. The molecule has 11 nitrogen and oxygen atoms in total. The number of anilines is 1. The summed E-state index contributed by atoms with van der Waals surface area (Å²) in [6.45, 7) is 5.23. The number of hydrogen-bond donors (Lipinski definition) is 2. The second kappa shape index (κ2) is 11.1. The number of nitrogens with one attached hydrogen (secondary N) is 1. The molecule has 34 heavy (non-hydrogen) atoms. The summed E-state index contributed by atoms with van der Waals surface area (Å²) < 4.78 is 6.10. The van der Waals surface area contributed by atoms with Crippen molar-refractivity contribution in [2.24, 2.45) is 5.10 Å². The van der Waals surface area contributed by atoms with Crippen LogP contribution in [0.2, 0.25) is 10.0 Å². The fourth-order valence-electron chi connectivity index (χ4n) is 3.69. The van der Waals surface area contributed by atoms with E-state index in [0.29, 0.717) is 34.0 Å². The van der Waals surface area contributed by atoms with Crippen molar-refractivity contribution < 1.29 is 9.42 Å². The van der Waals surface area contributed by atoms with E-state index in [4.69, 9.17) is 33.6 Å². The Hall–Kier alpha value is -2.73. The Bertz CT molecular complexity index is 1190. The van der Waals surface area contributed by atoms with E-state index in [1.54, 1.807) is 25.1 Å². The Morgan fingerprint density at radius 1 is 1.29 bits per heavy atom. The van der Waals surface area contributed by atoms with Crippen molar-refractivity contribution in [3.63, 3.8) is 0 Å². The highest BCUT2D eigenvalue weighted by Gasteiger charge is 2.28. The average Bonchev–Trinajstić information content (AvgIpc) is 3.41. The first-order valence-corrected chi connectivity index (χ1v) is 11.2. The van der Waals surface area contributed by atoms with Crippen molar-refractivity contribution in [2.75, 3.05) is 12.3 Å². The summed E-state index contributed by atoms with van der Waals surface area (Å²) in [4.78, 5) is 15.3. The number of halogens is 3. The van der Waals surface area contributed by atoms with Crippen LogP contribution in [0.15, 0.2) is 27.9 Å². The fourth-order valence-corrected chi connectivity index (χ4v) is 3.98. The number of likely N-dealkylation sites (tertiary alicyclic amines) is 1. The summed E-state index contributed by atoms with van der Waals surface area (Å²) in [6.07, 6.45) is 3.32. The molecule has 3 heterocycles. The van der Waals surface area contributed by atoms with Crippen molar-refractivity contribution in [3.8, 4) is 5.82 Å². The number of carbonyl (C=O) groups excluding carboxylic acids is 1. The molecule has 182 valence electrons. The van der Waals surface area contributed by atoms with Crippen LogP contribution in [0.5, 0.6) is 0 Å². The van der Waals surface area contributed by atoms with Crippen LogP contribution in [0.25, 0.3) is 5.82 Å². The van der Waals surface area contributed by atoms with Crippen LogP contribution in [0.1, 0.15) is 54.9 Å². The van der Waals surface area contributed by atoms with Gasteiger partial charge in [0.25, 0.3) is 5.91 Å². The number of hydrazone groups is 1. The van der Waals surface area contributed by atoms with Crippen LogP contribution in [0.3, 0.4) is 0 Å². The third kappa shape index (κ3) is 5.49. The SMILES string of the molecule is C/C(=N/NC(=O)c1nnn(-c2nonc2N)c1CN1CCCCC1C)c1ccc(Cl)c(Cl)c1.Cl. The summed E-state index contributed by atoms with van der Waals surface area (Å²) in [6, 6.07) is 5.45. The third-order valence-corrected chi connectivity index (χ3v) is 6.37. The first-order valence-electron chi connectivity index (χ1n) is 10.4. The summed E-state index contributed by atoms with van der Waals surface area (Å²) in [5.41, 5.74) is 10.3. The first kappa shape index (κ1) is 25.9. The smallest absolute Gasteiger partial charge is 0.293 e. The van der Waals surface area contributed by atoms with Gasteiger partial charge in [-0.3, -0.25) is 9.69 Å². The van der Waals surface area contributed by atoms with E-state index in [2.05, 4.69) is 43.0 Å². The molecular formula is C20H24Cl3N9O2. The average molecular weight is 529 g/mol. The quantitative estimate of drug-likeness (QED) is 0.366. The van der Waals surface area contributed by atoms with E-state index in [1.807, 2.05) is 0 Å².